The largest absolute Gasteiger partial charge is 0.312 e. The van der Waals surface area contributed by atoms with Gasteiger partial charge in [-0.05, 0) is 31.5 Å². The topological polar surface area (TPSA) is 46.9 Å². The lowest BCUT2D eigenvalue weighted by molar-refractivity contribution is 0.420. The predicted molar refractivity (Wildman–Crippen MR) is 78.4 cm³/mol. The van der Waals surface area contributed by atoms with Crippen LogP contribution in [0.15, 0.2) is 35.3 Å². The zero-order chi connectivity index (χ0) is 13.7. The van der Waals surface area contributed by atoms with Gasteiger partial charge < -0.3 is 5.32 Å². The van der Waals surface area contributed by atoms with Gasteiger partial charge in [0.15, 0.2) is 0 Å². The Morgan fingerprint density at radius 2 is 2.11 bits per heavy atom. The molecule has 1 aromatic carbocycles. The molecule has 1 unspecified atom stereocenters. The third-order valence-electron chi connectivity index (χ3n) is 3.33. The van der Waals surface area contributed by atoms with Crippen LogP contribution in [-0.2, 0) is 6.54 Å². The summed E-state index contributed by atoms with van der Waals surface area (Å²) in [6.07, 6.45) is 3.58. The highest BCUT2D eigenvalue weighted by atomic mass is 16.1. The van der Waals surface area contributed by atoms with E-state index in [1.165, 1.54) is 6.20 Å². The van der Waals surface area contributed by atoms with Crippen molar-refractivity contribution in [1.29, 1.82) is 0 Å². The number of fused-ring (bicyclic) bond motifs is 1. The van der Waals surface area contributed by atoms with Gasteiger partial charge in [0, 0.05) is 11.4 Å². The van der Waals surface area contributed by atoms with Crippen LogP contribution in [0.3, 0.4) is 0 Å². The van der Waals surface area contributed by atoms with Crippen molar-refractivity contribution in [3.8, 4) is 0 Å². The van der Waals surface area contributed by atoms with E-state index in [-0.39, 0.29) is 5.43 Å². The molecule has 0 saturated heterocycles. The average Bonchev–Trinajstić information content (AvgIpc) is 2.46. The molecule has 1 heterocycles. The van der Waals surface area contributed by atoms with Gasteiger partial charge in [0.2, 0.25) is 5.43 Å². The highest BCUT2D eigenvalue weighted by Crippen LogP contribution is 2.09. The second-order valence-corrected chi connectivity index (χ2v) is 4.77. The van der Waals surface area contributed by atoms with Crippen LogP contribution in [0.1, 0.15) is 26.7 Å². The van der Waals surface area contributed by atoms with Crippen LogP contribution in [0, 0.1) is 0 Å². The molecule has 1 N–H and O–H groups in total. The summed E-state index contributed by atoms with van der Waals surface area (Å²) in [7, 11) is 0. The Bertz CT molecular complexity index is 591. The first-order chi connectivity index (χ1) is 9.26. The summed E-state index contributed by atoms with van der Waals surface area (Å²) in [6, 6.07) is 8.03. The number of nitrogens with zero attached hydrogens (tertiary/aromatic N) is 2. The van der Waals surface area contributed by atoms with Crippen molar-refractivity contribution in [3.05, 3.63) is 40.7 Å². The number of nitrogens with one attached hydrogen (secondary N) is 1. The molecular formula is C15H21N3O. The van der Waals surface area contributed by atoms with Gasteiger partial charge >= 0.3 is 0 Å². The van der Waals surface area contributed by atoms with Gasteiger partial charge in [-0.25, -0.2) is 0 Å². The molecule has 0 aliphatic carbocycles. The fraction of sp³-hybridized carbons (Fsp3) is 0.467. The Kier molecular flexibility index (Phi) is 4.68. The standard InChI is InChI=1S/C15H21N3O/c1-3-9-16-12(4-2)11-18-14-8-6-5-7-13(14)15(19)10-17-18/h5-8,10,12,16H,3-4,9,11H2,1-2H3. The van der Waals surface area contributed by atoms with Crippen molar-refractivity contribution < 1.29 is 0 Å². The highest BCUT2D eigenvalue weighted by molar-refractivity contribution is 5.77. The van der Waals surface area contributed by atoms with E-state index in [4.69, 9.17) is 0 Å². The van der Waals surface area contributed by atoms with Crippen LogP contribution in [-0.4, -0.2) is 22.4 Å². The van der Waals surface area contributed by atoms with E-state index in [9.17, 15) is 4.79 Å². The molecule has 1 aromatic heterocycles. The van der Waals surface area contributed by atoms with E-state index >= 15 is 0 Å². The van der Waals surface area contributed by atoms with E-state index in [0.717, 1.165) is 36.8 Å². The van der Waals surface area contributed by atoms with Crippen LogP contribution in [0.2, 0.25) is 0 Å². The molecule has 0 spiro atoms. The third kappa shape index (κ3) is 3.20. The maximum Gasteiger partial charge on any atom is 0.207 e. The van der Waals surface area contributed by atoms with Gasteiger partial charge in [0.25, 0.3) is 0 Å². The number of hydrogen-bond donors (Lipinski definition) is 1. The molecule has 0 bridgehead atoms. The molecule has 0 fully saturated rings. The number of aromatic nitrogens is 2. The van der Waals surface area contributed by atoms with Crippen LogP contribution in [0.5, 0.6) is 0 Å². The molecular weight excluding hydrogens is 238 g/mol. The molecule has 0 aliphatic heterocycles. The maximum absolute atomic E-state index is 11.8. The molecule has 0 aliphatic rings. The molecule has 19 heavy (non-hydrogen) atoms. The van der Waals surface area contributed by atoms with Gasteiger partial charge in [-0.2, -0.15) is 5.10 Å². The van der Waals surface area contributed by atoms with Crippen LogP contribution >= 0.6 is 0 Å². The molecule has 0 amide bonds. The summed E-state index contributed by atoms with van der Waals surface area (Å²) < 4.78 is 1.92. The average molecular weight is 259 g/mol. The quantitative estimate of drug-likeness (QED) is 0.865. The summed E-state index contributed by atoms with van der Waals surface area (Å²) in [5, 5.41) is 8.51. The Balaban J connectivity index is 2.30. The van der Waals surface area contributed by atoms with Crippen molar-refractivity contribution in [2.45, 2.75) is 39.3 Å². The van der Waals surface area contributed by atoms with Crippen LogP contribution in [0.25, 0.3) is 10.9 Å². The van der Waals surface area contributed by atoms with Gasteiger partial charge in [0.1, 0.15) is 0 Å². The lowest BCUT2D eigenvalue weighted by Gasteiger charge is -2.18. The normalized spacial score (nSPS) is 12.7. The van der Waals surface area contributed by atoms with E-state index < -0.39 is 0 Å². The Labute approximate surface area is 113 Å². The first-order valence-electron chi connectivity index (χ1n) is 6.94. The fourth-order valence-corrected chi connectivity index (χ4v) is 2.20. The minimum Gasteiger partial charge on any atom is -0.312 e. The first kappa shape index (κ1) is 13.7. The second-order valence-electron chi connectivity index (χ2n) is 4.77. The molecule has 0 saturated carbocycles. The van der Waals surface area contributed by atoms with E-state index in [1.807, 2.05) is 28.9 Å². The van der Waals surface area contributed by atoms with Gasteiger partial charge in [-0.3, -0.25) is 9.48 Å². The van der Waals surface area contributed by atoms with Crippen molar-refractivity contribution in [2.75, 3.05) is 6.54 Å². The summed E-state index contributed by atoms with van der Waals surface area (Å²) >= 11 is 0. The summed E-state index contributed by atoms with van der Waals surface area (Å²) in [5.74, 6) is 0. The molecule has 102 valence electrons. The van der Waals surface area contributed by atoms with E-state index in [1.54, 1.807) is 0 Å². The zero-order valence-electron chi connectivity index (χ0n) is 11.6. The van der Waals surface area contributed by atoms with Crippen molar-refractivity contribution >= 4 is 10.9 Å². The Morgan fingerprint density at radius 3 is 2.84 bits per heavy atom. The van der Waals surface area contributed by atoms with Gasteiger partial charge in [-0.1, -0.05) is 26.0 Å². The molecule has 1 atom stereocenters. The summed E-state index contributed by atoms with van der Waals surface area (Å²) in [6.45, 7) is 6.12. The lowest BCUT2D eigenvalue weighted by atomic mass is 10.2. The summed E-state index contributed by atoms with van der Waals surface area (Å²) in [4.78, 5) is 11.8. The number of para-hydroxylation sites is 1. The fourth-order valence-electron chi connectivity index (χ4n) is 2.20. The van der Waals surface area contributed by atoms with Gasteiger partial charge in [0.05, 0.1) is 18.3 Å². The number of hydrogen-bond acceptors (Lipinski definition) is 3. The van der Waals surface area contributed by atoms with Crippen molar-refractivity contribution in [1.82, 2.24) is 15.1 Å². The first-order valence-corrected chi connectivity index (χ1v) is 6.94. The molecule has 2 rings (SSSR count). The van der Waals surface area contributed by atoms with Crippen LogP contribution < -0.4 is 10.7 Å². The number of rotatable bonds is 6. The minimum absolute atomic E-state index is 0.0126. The molecule has 0 radical (unpaired) electrons. The molecule has 4 nitrogen and oxygen atoms in total. The third-order valence-corrected chi connectivity index (χ3v) is 3.33. The molecule has 2 aromatic rings. The highest BCUT2D eigenvalue weighted by Gasteiger charge is 2.09. The van der Waals surface area contributed by atoms with Gasteiger partial charge in [-0.15, -0.1) is 0 Å². The van der Waals surface area contributed by atoms with E-state index in [2.05, 4.69) is 24.3 Å². The second kappa shape index (κ2) is 6.48. The maximum atomic E-state index is 11.8. The van der Waals surface area contributed by atoms with Crippen molar-refractivity contribution in [2.24, 2.45) is 0 Å². The predicted octanol–water partition coefficient (Wildman–Crippen LogP) is 2.17. The lowest BCUT2D eigenvalue weighted by Crippen LogP contribution is -2.34. The van der Waals surface area contributed by atoms with Crippen molar-refractivity contribution in [3.63, 3.8) is 0 Å². The smallest absolute Gasteiger partial charge is 0.207 e. The van der Waals surface area contributed by atoms with Crippen LogP contribution in [0.4, 0.5) is 0 Å². The SMILES string of the molecule is CCCNC(CC)Cn1ncc(=O)c2ccccc21. The zero-order valence-corrected chi connectivity index (χ0v) is 11.6. The summed E-state index contributed by atoms with van der Waals surface area (Å²) in [5.41, 5.74) is 0.896. The van der Waals surface area contributed by atoms with E-state index in [0.29, 0.717) is 6.04 Å². The number of benzene rings is 1. The Morgan fingerprint density at radius 1 is 1.32 bits per heavy atom. The minimum atomic E-state index is -0.0126. The Hall–Kier alpha value is -1.68. The molecule has 4 heteroatoms. The monoisotopic (exact) mass is 259 g/mol.